The van der Waals surface area contributed by atoms with E-state index in [2.05, 4.69) is 262 Å². The van der Waals surface area contributed by atoms with Gasteiger partial charge in [-0.05, 0) is 134 Å². The standard InChI is InChI=1S/C26H20N6.C24H20N6.C19H16N4/c1-18-24-13-20(26-28-15-19(14-27)16-29-26)11-12-30(24)17-25-31(18)22-9-5-6-10-23(22)32(25)21-7-3-2-4-8-21;1-17-21-15-19(18-7-10-25-11-8-18)9-14-28(21)16-22-29(17)23-24(27-13-12-26-23)30(22)20-5-3-2-4-6-20;1-2-8-15(9-3-1)22-16-10-4-5-11-17(16)23-19(22)14-21-13-7-6-12-18(21)20-23/h2-13,15-16,25H,17H2,1H3;2-15,22H,16H2,1H3;1-13,19H,14H2/t25-;22-;19-/m110/s1. The Hall–Kier alpha value is -11.3. The molecule has 0 N–H and O–H groups in total. The molecule has 9 aliphatic heterocycles. The molecule has 0 bridgehead atoms. The molecule has 0 saturated heterocycles. The van der Waals surface area contributed by atoms with Gasteiger partial charge < -0.3 is 39.2 Å². The summed E-state index contributed by atoms with van der Waals surface area (Å²) in [5, 5.41) is 16.0. The van der Waals surface area contributed by atoms with Crippen LogP contribution in [0.2, 0.25) is 0 Å². The number of benzene rings is 5. The first-order valence-corrected chi connectivity index (χ1v) is 28.4. The number of amidine groups is 1. The summed E-state index contributed by atoms with van der Waals surface area (Å²) in [4.78, 5) is 41.0. The number of aromatic nitrogens is 5. The van der Waals surface area contributed by atoms with Crippen molar-refractivity contribution in [3.63, 3.8) is 0 Å². The number of para-hydroxylation sites is 7. The van der Waals surface area contributed by atoms with E-state index in [0.717, 1.165) is 65.3 Å². The van der Waals surface area contributed by atoms with Crippen LogP contribution in [0.15, 0.2) is 278 Å². The molecule has 0 aliphatic carbocycles. The highest BCUT2D eigenvalue weighted by Gasteiger charge is 2.46. The minimum atomic E-state index is 0.0917. The Labute approximate surface area is 493 Å². The number of rotatable bonds is 5. The second kappa shape index (κ2) is 21.2. The fourth-order valence-electron chi connectivity index (χ4n) is 12.7. The van der Waals surface area contributed by atoms with Crippen molar-refractivity contribution in [1.29, 1.82) is 5.26 Å². The lowest BCUT2D eigenvalue weighted by Crippen LogP contribution is -2.52. The SMILES string of the molecule is C1=CC2=NN3c4ccccc4N(c4ccccc4)[C@@H]3CN2C=C1.CC1=C2C=C(c3ccncc3)C=CN2C[C@@H]2N1c1nccnc1N2c1ccccc1.CC1=C2C=C(c3ncc(C#N)cn3)C=CN2C[C@@H]2N1c1ccccc1N2c1ccccc1. The Morgan fingerprint density at radius 1 is 0.447 bits per heavy atom. The molecule has 12 heterocycles. The number of nitrogens with zero attached hydrogens (tertiary/aromatic N) is 16. The van der Waals surface area contributed by atoms with E-state index in [4.69, 9.17) is 20.3 Å². The number of pyridine rings is 1. The van der Waals surface area contributed by atoms with Crippen LogP contribution >= 0.6 is 0 Å². The molecule has 0 radical (unpaired) electrons. The van der Waals surface area contributed by atoms with E-state index in [0.29, 0.717) is 11.4 Å². The molecule has 3 aromatic heterocycles. The summed E-state index contributed by atoms with van der Waals surface area (Å²) in [7, 11) is 0. The van der Waals surface area contributed by atoms with Gasteiger partial charge in [-0.1, -0.05) is 84.9 Å². The second-order valence-electron chi connectivity index (χ2n) is 21.4. The van der Waals surface area contributed by atoms with Crippen LogP contribution in [0.1, 0.15) is 30.8 Å². The van der Waals surface area contributed by atoms with Crippen LogP contribution in [0.25, 0.3) is 11.1 Å². The Bertz CT molecular complexity index is 4220. The van der Waals surface area contributed by atoms with Crippen molar-refractivity contribution in [2.45, 2.75) is 32.3 Å². The molecular formula is C69H56N16. The zero-order valence-corrected chi connectivity index (χ0v) is 46.7. The summed E-state index contributed by atoms with van der Waals surface area (Å²) in [6.07, 6.45) is 31.9. The van der Waals surface area contributed by atoms with Crippen molar-refractivity contribution in [3.05, 3.63) is 290 Å². The summed E-state index contributed by atoms with van der Waals surface area (Å²) in [6.45, 7) is 6.86. The largest absolute Gasteiger partial charge is 0.343 e. The second-order valence-corrected chi connectivity index (χ2v) is 21.4. The molecule has 412 valence electrons. The Morgan fingerprint density at radius 3 is 1.56 bits per heavy atom. The van der Waals surface area contributed by atoms with E-state index in [1.165, 1.54) is 51.1 Å². The minimum Gasteiger partial charge on any atom is -0.343 e. The number of fused-ring (bicyclic) bond motifs is 12. The van der Waals surface area contributed by atoms with E-state index >= 15 is 0 Å². The van der Waals surface area contributed by atoms with Crippen LogP contribution < -0.4 is 29.5 Å². The van der Waals surface area contributed by atoms with E-state index < -0.39 is 0 Å². The van der Waals surface area contributed by atoms with Crippen molar-refractivity contribution >= 4 is 68.4 Å². The summed E-state index contributed by atoms with van der Waals surface area (Å²) in [5.41, 5.74) is 16.7. The van der Waals surface area contributed by atoms with Gasteiger partial charge in [0.25, 0.3) is 0 Å². The number of hydrogen-bond acceptors (Lipinski definition) is 16. The lowest BCUT2D eigenvalue weighted by atomic mass is 10.0. The van der Waals surface area contributed by atoms with Gasteiger partial charge in [-0.3, -0.25) is 4.98 Å². The smallest absolute Gasteiger partial charge is 0.178 e. The van der Waals surface area contributed by atoms with Crippen LogP contribution in [0, 0.1) is 11.3 Å². The Morgan fingerprint density at radius 2 is 0.941 bits per heavy atom. The molecule has 5 aromatic carbocycles. The number of allylic oxidation sites excluding steroid dienone is 10. The third-order valence-electron chi connectivity index (χ3n) is 16.6. The number of anilines is 9. The lowest BCUT2D eigenvalue weighted by Gasteiger charge is -2.43. The van der Waals surface area contributed by atoms with Gasteiger partial charge in [0.15, 0.2) is 23.3 Å². The van der Waals surface area contributed by atoms with E-state index in [9.17, 15) is 0 Å². The average molecular weight is 1110 g/mol. The van der Waals surface area contributed by atoms with Crippen LogP contribution in [-0.4, -0.2) is 83.6 Å². The van der Waals surface area contributed by atoms with Gasteiger partial charge in [0.1, 0.15) is 24.6 Å². The highest BCUT2D eigenvalue weighted by atomic mass is 15.6. The summed E-state index contributed by atoms with van der Waals surface area (Å²) in [5.74, 6) is 3.42. The molecule has 0 spiro atoms. The topological polar surface area (TPSA) is 130 Å². The first-order chi connectivity index (χ1) is 42.0. The van der Waals surface area contributed by atoms with Crippen molar-refractivity contribution in [2.75, 3.05) is 49.1 Å². The quantitative estimate of drug-likeness (QED) is 0.162. The third-order valence-corrected chi connectivity index (χ3v) is 16.6. The zero-order chi connectivity index (χ0) is 57.0. The first kappa shape index (κ1) is 50.6. The molecule has 0 fully saturated rings. The minimum absolute atomic E-state index is 0.0917. The maximum atomic E-state index is 9.02. The lowest BCUT2D eigenvalue weighted by molar-refractivity contribution is 0.395. The molecule has 9 aliphatic rings. The molecule has 3 atom stereocenters. The highest BCUT2D eigenvalue weighted by Crippen LogP contribution is 2.51. The van der Waals surface area contributed by atoms with Crippen molar-refractivity contribution in [1.82, 2.24) is 39.6 Å². The Kier molecular flexibility index (Phi) is 12.6. The molecule has 0 saturated carbocycles. The van der Waals surface area contributed by atoms with Crippen molar-refractivity contribution in [3.8, 4) is 6.07 Å². The molecule has 0 amide bonds. The van der Waals surface area contributed by atoms with Gasteiger partial charge in [0.05, 0.1) is 59.3 Å². The van der Waals surface area contributed by atoms with Gasteiger partial charge in [0.2, 0.25) is 0 Å². The van der Waals surface area contributed by atoms with Crippen LogP contribution in [-0.2, 0) is 0 Å². The number of hydrazone groups is 1. The van der Waals surface area contributed by atoms with Gasteiger partial charge >= 0.3 is 0 Å². The van der Waals surface area contributed by atoms with Gasteiger partial charge in [-0.25, -0.2) is 24.9 Å². The van der Waals surface area contributed by atoms with Crippen molar-refractivity contribution in [2.24, 2.45) is 5.10 Å². The van der Waals surface area contributed by atoms with Crippen LogP contribution in [0.3, 0.4) is 0 Å². The van der Waals surface area contributed by atoms with Crippen molar-refractivity contribution < 1.29 is 0 Å². The number of hydrogen-bond donors (Lipinski definition) is 0. The van der Waals surface area contributed by atoms with E-state index in [-0.39, 0.29) is 18.5 Å². The molecule has 16 nitrogen and oxygen atoms in total. The highest BCUT2D eigenvalue weighted by molar-refractivity contribution is 5.98. The fraction of sp³-hybridized carbons (Fsp3) is 0.116. The predicted octanol–water partition coefficient (Wildman–Crippen LogP) is 12.8. The summed E-state index contributed by atoms with van der Waals surface area (Å²) in [6, 6.07) is 54.8. The molecular weight excluding hydrogens is 1050 g/mol. The molecule has 85 heavy (non-hydrogen) atoms. The summed E-state index contributed by atoms with van der Waals surface area (Å²) < 4.78 is 0. The van der Waals surface area contributed by atoms with Gasteiger partial charge in [-0.15, -0.1) is 0 Å². The van der Waals surface area contributed by atoms with Gasteiger partial charge in [0, 0.05) is 89.8 Å². The molecule has 17 rings (SSSR count). The predicted molar refractivity (Wildman–Crippen MR) is 336 cm³/mol. The van der Waals surface area contributed by atoms with E-state index in [1.807, 2.05) is 42.7 Å². The maximum Gasteiger partial charge on any atom is 0.178 e. The third kappa shape index (κ3) is 8.84. The normalized spacial score (nSPS) is 19.6. The number of nitriles is 1. The first-order valence-electron chi connectivity index (χ1n) is 28.4. The van der Waals surface area contributed by atoms with E-state index in [1.54, 1.807) is 24.8 Å². The maximum absolute atomic E-state index is 9.02. The molecule has 0 unspecified atom stereocenters. The zero-order valence-electron chi connectivity index (χ0n) is 46.7. The van der Waals surface area contributed by atoms with Crippen LogP contribution in [0.4, 0.5) is 51.4 Å². The Balaban J connectivity index is 0.000000110. The van der Waals surface area contributed by atoms with Crippen LogP contribution in [0.5, 0.6) is 0 Å². The molecule has 8 aromatic rings. The molecule has 16 heteroatoms. The average Bonchev–Trinajstić information content (AvgIpc) is 2.12. The summed E-state index contributed by atoms with van der Waals surface area (Å²) >= 11 is 0. The fourth-order valence-corrected chi connectivity index (χ4v) is 12.7. The van der Waals surface area contributed by atoms with Gasteiger partial charge in [-0.2, -0.15) is 10.4 Å². The monoisotopic (exact) mass is 1110 g/mol.